The van der Waals surface area contributed by atoms with Gasteiger partial charge in [0.2, 0.25) is 0 Å². The van der Waals surface area contributed by atoms with Gasteiger partial charge in [-0.1, -0.05) is 18.2 Å². The second kappa shape index (κ2) is 8.24. The van der Waals surface area contributed by atoms with Gasteiger partial charge in [0.1, 0.15) is 13.1 Å². The zero-order valence-electron chi connectivity index (χ0n) is 15.1. The maximum Gasteiger partial charge on any atom is 0.252 e. The van der Waals surface area contributed by atoms with Crippen LogP contribution in [0.1, 0.15) is 10.4 Å². The van der Waals surface area contributed by atoms with Crippen molar-refractivity contribution in [3.8, 4) is 11.3 Å². The number of fused-ring (bicyclic) bond motifs is 1. The summed E-state index contributed by atoms with van der Waals surface area (Å²) in [5, 5.41) is 3.94. The Morgan fingerprint density at radius 1 is 1.11 bits per heavy atom. The van der Waals surface area contributed by atoms with Crippen molar-refractivity contribution in [1.82, 2.24) is 15.3 Å². The summed E-state index contributed by atoms with van der Waals surface area (Å²) in [6.45, 7) is 5.16. The second-order valence-electron chi connectivity index (χ2n) is 6.68. The summed E-state index contributed by atoms with van der Waals surface area (Å²) in [5.41, 5.74) is 3.20. The monoisotopic (exact) mass is 363 g/mol. The van der Waals surface area contributed by atoms with E-state index in [4.69, 9.17) is 9.72 Å². The fraction of sp³-hybridized carbons (Fsp3) is 0.286. The molecule has 3 aromatic rings. The highest BCUT2D eigenvalue weighted by molar-refractivity contribution is 6.07. The lowest BCUT2D eigenvalue weighted by molar-refractivity contribution is -0.906. The standard InChI is InChI=1S/C21H22N4O2/c26-21(23-9-10-25-11-13-27-14-12-25)18-15-20(16-5-7-22-8-6-16)24-19-4-2-1-3-17(18)19/h1-8,15H,9-14H2,(H,23,26)/p+1. The number of pyridine rings is 2. The number of quaternary nitrogens is 1. The molecule has 0 bridgehead atoms. The van der Waals surface area contributed by atoms with Gasteiger partial charge in [-0.05, 0) is 24.3 Å². The van der Waals surface area contributed by atoms with Gasteiger partial charge in [-0.15, -0.1) is 0 Å². The van der Waals surface area contributed by atoms with Crippen molar-refractivity contribution in [3.63, 3.8) is 0 Å². The van der Waals surface area contributed by atoms with E-state index >= 15 is 0 Å². The lowest BCUT2D eigenvalue weighted by Crippen LogP contribution is -3.14. The molecule has 2 N–H and O–H groups in total. The number of carbonyl (C=O) groups is 1. The van der Waals surface area contributed by atoms with Gasteiger partial charge in [-0.3, -0.25) is 9.78 Å². The molecule has 4 rings (SSSR count). The zero-order valence-corrected chi connectivity index (χ0v) is 15.1. The molecule has 1 saturated heterocycles. The minimum atomic E-state index is -0.0587. The van der Waals surface area contributed by atoms with Crippen molar-refractivity contribution in [3.05, 3.63) is 60.4 Å². The minimum absolute atomic E-state index is 0.0587. The van der Waals surface area contributed by atoms with Gasteiger partial charge in [0.05, 0.1) is 43.1 Å². The predicted octanol–water partition coefficient (Wildman–Crippen LogP) is 0.942. The molecule has 0 radical (unpaired) electrons. The fourth-order valence-corrected chi connectivity index (χ4v) is 3.39. The van der Waals surface area contributed by atoms with Gasteiger partial charge in [0.25, 0.3) is 5.91 Å². The van der Waals surface area contributed by atoms with Gasteiger partial charge >= 0.3 is 0 Å². The SMILES string of the molecule is O=C(NCC[NH+]1CCOCC1)c1cc(-c2ccncc2)nc2ccccc12. The van der Waals surface area contributed by atoms with E-state index in [1.165, 1.54) is 4.90 Å². The van der Waals surface area contributed by atoms with E-state index in [-0.39, 0.29) is 5.91 Å². The molecule has 0 atom stereocenters. The Labute approximate surface area is 158 Å². The van der Waals surface area contributed by atoms with Crippen LogP contribution in [0, 0.1) is 0 Å². The summed E-state index contributed by atoms with van der Waals surface area (Å²) < 4.78 is 5.38. The lowest BCUT2D eigenvalue weighted by atomic mass is 10.0. The Morgan fingerprint density at radius 2 is 1.89 bits per heavy atom. The molecule has 3 heterocycles. The molecule has 2 aromatic heterocycles. The van der Waals surface area contributed by atoms with Crippen LogP contribution in [0.5, 0.6) is 0 Å². The molecule has 0 unspecified atom stereocenters. The Morgan fingerprint density at radius 3 is 2.70 bits per heavy atom. The fourth-order valence-electron chi connectivity index (χ4n) is 3.39. The van der Waals surface area contributed by atoms with Gasteiger partial charge in [-0.2, -0.15) is 0 Å². The number of hydrogen-bond donors (Lipinski definition) is 2. The molecule has 0 spiro atoms. The zero-order chi connectivity index (χ0) is 18.5. The van der Waals surface area contributed by atoms with E-state index in [0.717, 1.165) is 55.0 Å². The average molecular weight is 363 g/mol. The molecule has 27 heavy (non-hydrogen) atoms. The number of para-hydroxylation sites is 1. The predicted molar refractivity (Wildman–Crippen MR) is 104 cm³/mol. The maximum absolute atomic E-state index is 12.9. The smallest absolute Gasteiger partial charge is 0.252 e. The van der Waals surface area contributed by atoms with Crippen LogP contribution in [0.25, 0.3) is 22.2 Å². The third-order valence-electron chi connectivity index (χ3n) is 4.90. The number of amides is 1. The number of ether oxygens (including phenoxy) is 1. The molecule has 1 aliphatic heterocycles. The number of aromatic nitrogens is 2. The lowest BCUT2D eigenvalue weighted by Gasteiger charge is -2.23. The first-order valence-electron chi connectivity index (χ1n) is 9.31. The largest absolute Gasteiger partial charge is 0.370 e. The van der Waals surface area contributed by atoms with E-state index in [1.54, 1.807) is 12.4 Å². The van der Waals surface area contributed by atoms with E-state index in [0.29, 0.717) is 12.1 Å². The topological polar surface area (TPSA) is 68.5 Å². The van der Waals surface area contributed by atoms with Gasteiger partial charge in [0, 0.05) is 23.3 Å². The van der Waals surface area contributed by atoms with Crippen LogP contribution < -0.4 is 10.2 Å². The Balaban J connectivity index is 1.56. The Hall–Kier alpha value is -2.83. The summed E-state index contributed by atoms with van der Waals surface area (Å²) in [7, 11) is 0. The Kier molecular flexibility index (Phi) is 5.37. The van der Waals surface area contributed by atoms with Crippen LogP contribution in [-0.4, -0.2) is 55.3 Å². The third-order valence-corrected chi connectivity index (χ3v) is 4.90. The first-order chi connectivity index (χ1) is 13.3. The molecular formula is C21H23N4O2+. The summed E-state index contributed by atoms with van der Waals surface area (Å²) in [6.07, 6.45) is 3.47. The first-order valence-corrected chi connectivity index (χ1v) is 9.31. The molecule has 1 aliphatic rings. The molecule has 1 amide bonds. The van der Waals surface area contributed by atoms with Crippen molar-refractivity contribution in [1.29, 1.82) is 0 Å². The third kappa shape index (κ3) is 4.13. The number of nitrogens with one attached hydrogen (secondary N) is 2. The minimum Gasteiger partial charge on any atom is -0.370 e. The van der Waals surface area contributed by atoms with Gasteiger partial charge in [-0.25, -0.2) is 4.98 Å². The first kappa shape index (κ1) is 17.6. The highest BCUT2D eigenvalue weighted by Crippen LogP contribution is 2.24. The number of carbonyl (C=O) groups excluding carboxylic acids is 1. The molecule has 1 aromatic carbocycles. The van der Waals surface area contributed by atoms with Crippen molar-refractivity contribution >= 4 is 16.8 Å². The number of morpholine rings is 1. The van der Waals surface area contributed by atoms with Crippen molar-refractivity contribution in [2.45, 2.75) is 0 Å². The number of rotatable bonds is 5. The molecule has 1 fully saturated rings. The van der Waals surface area contributed by atoms with Crippen LogP contribution in [-0.2, 0) is 4.74 Å². The molecular weight excluding hydrogens is 340 g/mol. The van der Waals surface area contributed by atoms with Crippen LogP contribution in [0.2, 0.25) is 0 Å². The number of hydrogen-bond acceptors (Lipinski definition) is 4. The highest BCUT2D eigenvalue weighted by Gasteiger charge is 2.16. The highest BCUT2D eigenvalue weighted by atomic mass is 16.5. The van der Waals surface area contributed by atoms with Crippen molar-refractivity contribution in [2.24, 2.45) is 0 Å². The van der Waals surface area contributed by atoms with E-state index in [9.17, 15) is 4.79 Å². The van der Waals surface area contributed by atoms with Gasteiger partial charge in [0.15, 0.2) is 0 Å². The van der Waals surface area contributed by atoms with E-state index in [1.807, 2.05) is 42.5 Å². The Bertz CT molecular complexity index is 924. The quantitative estimate of drug-likeness (QED) is 0.708. The number of nitrogens with zero attached hydrogens (tertiary/aromatic N) is 2. The molecule has 6 nitrogen and oxygen atoms in total. The molecule has 0 aliphatic carbocycles. The summed E-state index contributed by atoms with van der Waals surface area (Å²) >= 11 is 0. The summed E-state index contributed by atoms with van der Waals surface area (Å²) in [5.74, 6) is -0.0587. The number of benzene rings is 1. The normalized spacial score (nSPS) is 15.0. The maximum atomic E-state index is 12.9. The van der Waals surface area contributed by atoms with Crippen molar-refractivity contribution in [2.75, 3.05) is 39.4 Å². The van der Waals surface area contributed by atoms with Crippen LogP contribution >= 0.6 is 0 Å². The van der Waals surface area contributed by atoms with Crippen LogP contribution in [0.4, 0.5) is 0 Å². The molecule has 138 valence electrons. The average Bonchev–Trinajstić information content (AvgIpc) is 2.74. The van der Waals surface area contributed by atoms with Crippen molar-refractivity contribution < 1.29 is 14.4 Å². The summed E-state index contributed by atoms with van der Waals surface area (Å²) in [4.78, 5) is 23.1. The molecule has 6 heteroatoms. The van der Waals surface area contributed by atoms with Gasteiger partial charge < -0.3 is 15.0 Å². The summed E-state index contributed by atoms with van der Waals surface area (Å²) in [6, 6.07) is 13.4. The molecule has 0 saturated carbocycles. The van der Waals surface area contributed by atoms with Crippen LogP contribution in [0.15, 0.2) is 54.9 Å². The second-order valence-corrected chi connectivity index (χ2v) is 6.68. The van der Waals surface area contributed by atoms with Crippen LogP contribution in [0.3, 0.4) is 0 Å². The van der Waals surface area contributed by atoms with E-state index in [2.05, 4.69) is 10.3 Å². The van der Waals surface area contributed by atoms with E-state index < -0.39 is 0 Å².